The first-order valence-electron chi connectivity index (χ1n) is 18.7. The molecule has 11 aromatic rings. The molecular formula is C52H33N3. The summed E-state index contributed by atoms with van der Waals surface area (Å²) in [6, 6.07) is 71.5. The van der Waals surface area contributed by atoms with Gasteiger partial charge in [-0.25, -0.2) is 9.97 Å². The quantitative estimate of drug-likeness (QED) is 0.167. The number of para-hydroxylation sites is 2. The standard InChI is InChI=1S/C52H33N3/c1-3-15-34(16-4-1)49-51-50(46-27-11-12-28-48(46)55(51)40-21-5-2-6-22-40)54-52(53-49)39-20-14-19-37(32-39)35-17-13-18-36(31-35)38-29-30-45-43-25-8-7-23-41(43)42-24-9-10-26-44(42)47(45)33-38/h1-33H. The Morgan fingerprint density at radius 1 is 0.309 bits per heavy atom. The van der Waals surface area contributed by atoms with Gasteiger partial charge in [0.05, 0.1) is 16.7 Å². The van der Waals surface area contributed by atoms with E-state index >= 15 is 0 Å². The SMILES string of the molecule is c1ccc(-c2nc(-c3cccc(-c4cccc(-c5ccc6c7ccccc7c7ccccc7c6c5)c4)c3)nc3c4ccccc4n(-c4ccccc4)c23)cc1. The van der Waals surface area contributed by atoms with Gasteiger partial charge in [-0.15, -0.1) is 0 Å². The smallest absolute Gasteiger partial charge is 0.160 e. The summed E-state index contributed by atoms with van der Waals surface area (Å²) in [7, 11) is 0. The third kappa shape index (κ3) is 5.13. The second-order valence-electron chi connectivity index (χ2n) is 14.2. The molecule has 3 heteroatoms. The number of rotatable bonds is 5. The largest absolute Gasteiger partial charge is 0.306 e. The minimum absolute atomic E-state index is 0.703. The summed E-state index contributed by atoms with van der Waals surface area (Å²) in [5, 5.41) is 8.79. The zero-order chi connectivity index (χ0) is 36.3. The van der Waals surface area contributed by atoms with Crippen LogP contribution in [0.5, 0.6) is 0 Å². The summed E-state index contributed by atoms with van der Waals surface area (Å²) in [5.41, 5.74) is 11.7. The van der Waals surface area contributed by atoms with E-state index in [9.17, 15) is 0 Å². The van der Waals surface area contributed by atoms with E-state index in [0.717, 1.165) is 55.6 Å². The molecule has 0 N–H and O–H groups in total. The molecule has 2 heterocycles. The number of hydrogen-bond acceptors (Lipinski definition) is 2. The molecule has 0 aliphatic rings. The van der Waals surface area contributed by atoms with Crippen LogP contribution in [0.25, 0.3) is 105 Å². The maximum absolute atomic E-state index is 5.37. The van der Waals surface area contributed by atoms with E-state index in [1.807, 2.05) is 0 Å². The van der Waals surface area contributed by atoms with Crippen LogP contribution in [0.15, 0.2) is 200 Å². The van der Waals surface area contributed by atoms with Crippen LogP contribution in [0.1, 0.15) is 0 Å². The Kier molecular flexibility index (Phi) is 7.17. The predicted molar refractivity (Wildman–Crippen MR) is 231 cm³/mol. The van der Waals surface area contributed by atoms with Crippen molar-refractivity contribution >= 4 is 54.3 Å². The maximum Gasteiger partial charge on any atom is 0.160 e. The van der Waals surface area contributed by atoms with Gasteiger partial charge in [0.2, 0.25) is 0 Å². The molecule has 0 bridgehead atoms. The van der Waals surface area contributed by atoms with Crippen molar-refractivity contribution in [2.75, 3.05) is 0 Å². The van der Waals surface area contributed by atoms with E-state index in [4.69, 9.17) is 9.97 Å². The predicted octanol–water partition coefficient (Wildman–Crippen LogP) is 13.7. The Bertz CT molecular complexity index is 3220. The lowest BCUT2D eigenvalue weighted by molar-refractivity contribution is 1.15. The lowest BCUT2D eigenvalue weighted by Crippen LogP contribution is -1.99. The van der Waals surface area contributed by atoms with Gasteiger partial charge >= 0.3 is 0 Å². The molecule has 0 unspecified atom stereocenters. The molecule has 0 fully saturated rings. The maximum atomic E-state index is 5.37. The molecule has 0 radical (unpaired) electrons. The summed E-state index contributed by atoms with van der Waals surface area (Å²) < 4.78 is 2.30. The highest BCUT2D eigenvalue weighted by atomic mass is 15.0. The molecule has 9 aromatic carbocycles. The van der Waals surface area contributed by atoms with Crippen LogP contribution in [0.4, 0.5) is 0 Å². The van der Waals surface area contributed by atoms with Gasteiger partial charge in [-0.3, -0.25) is 0 Å². The Labute approximate surface area is 318 Å². The highest BCUT2D eigenvalue weighted by Crippen LogP contribution is 2.40. The highest BCUT2D eigenvalue weighted by molar-refractivity contribution is 6.25. The first kappa shape index (κ1) is 31.2. The highest BCUT2D eigenvalue weighted by Gasteiger charge is 2.21. The van der Waals surface area contributed by atoms with Gasteiger partial charge < -0.3 is 4.57 Å². The fourth-order valence-corrected chi connectivity index (χ4v) is 8.42. The van der Waals surface area contributed by atoms with E-state index in [2.05, 4.69) is 205 Å². The van der Waals surface area contributed by atoms with Crippen LogP contribution >= 0.6 is 0 Å². The fourth-order valence-electron chi connectivity index (χ4n) is 8.42. The Balaban J connectivity index is 1.06. The summed E-state index contributed by atoms with van der Waals surface area (Å²) in [6.07, 6.45) is 0. The van der Waals surface area contributed by atoms with Crippen molar-refractivity contribution in [3.8, 4) is 50.6 Å². The molecule has 2 aromatic heterocycles. The van der Waals surface area contributed by atoms with Crippen molar-refractivity contribution in [2.45, 2.75) is 0 Å². The Hall–Kier alpha value is -7.36. The van der Waals surface area contributed by atoms with E-state index in [-0.39, 0.29) is 0 Å². The number of nitrogens with zero attached hydrogens (tertiary/aromatic N) is 3. The summed E-state index contributed by atoms with van der Waals surface area (Å²) >= 11 is 0. The van der Waals surface area contributed by atoms with Crippen molar-refractivity contribution < 1.29 is 0 Å². The average Bonchev–Trinajstić information content (AvgIpc) is 3.61. The molecule has 256 valence electrons. The summed E-state index contributed by atoms with van der Waals surface area (Å²) in [6.45, 7) is 0. The van der Waals surface area contributed by atoms with Crippen LogP contribution in [-0.2, 0) is 0 Å². The summed E-state index contributed by atoms with van der Waals surface area (Å²) in [5.74, 6) is 0.703. The third-order valence-electron chi connectivity index (χ3n) is 11.0. The van der Waals surface area contributed by atoms with E-state index in [1.54, 1.807) is 0 Å². The van der Waals surface area contributed by atoms with Gasteiger partial charge in [0.1, 0.15) is 5.52 Å². The first-order valence-corrected chi connectivity index (χ1v) is 18.7. The van der Waals surface area contributed by atoms with Crippen molar-refractivity contribution in [2.24, 2.45) is 0 Å². The van der Waals surface area contributed by atoms with Gasteiger partial charge in [-0.05, 0) is 91.0 Å². The number of benzene rings is 9. The van der Waals surface area contributed by atoms with Crippen LogP contribution < -0.4 is 0 Å². The van der Waals surface area contributed by atoms with Gasteiger partial charge in [-0.2, -0.15) is 0 Å². The van der Waals surface area contributed by atoms with Crippen LogP contribution in [0.2, 0.25) is 0 Å². The lowest BCUT2D eigenvalue weighted by atomic mass is 9.91. The van der Waals surface area contributed by atoms with E-state index < -0.39 is 0 Å². The van der Waals surface area contributed by atoms with Gasteiger partial charge in [0, 0.05) is 22.2 Å². The number of aromatic nitrogens is 3. The zero-order valence-corrected chi connectivity index (χ0v) is 29.9. The van der Waals surface area contributed by atoms with Crippen LogP contribution in [0, 0.1) is 0 Å². The van der Waals surface area contributed by atoms with E-state index in [0.29, 0.717) is 5.82 Å². The van der Waals surface area contributed by atoms with Crippen molar-refractivity contribution in [3.05, 3.63) is 200 Å². The Morgan fingerprint density at radius 2 is 0.782 bits per heavy atom. The molecule has 0 aliphatic heterocycles. The minimum atomic E-state index is 0.703. The molecule has 3 nitrogen and oxygen atoms in total. The average molecular weight is 700 g/mol. The summed E-state index contributed by atoms with van der Waals surface area (Å²) in [4.78, 5) is 10.7. The monoisotopic (exact) mass is 699 g/mol. The molecule has 0 atom stereocenters. The van der Waals surface area contributed by atoms with Crippen molar-refractivity contribution in [1.29, 1.82) is 0 Å². The molecule has 0 amide bonds. The van der Waals surface area contributed by atoms with Gasteiger partial charge in [-0.1, -0.05) is 164 Å². The van der Waals surface area contributed by atoms with Crippen molar-refractivity contribution in [3.63, 3.8) is 0 Å². The third-order valence-corrected chi connectivity index (χ3v) is 11.0. The fraction of sp³-hybridized carbons (Fsp3) is 0. The van der Waals surface area contributed by atoms with Crippen molar-refractivity contribution in [1.82, 2.24) is 14.5 Å². The molecular weight excluding hydrogens is 667 g/mol. The molecule has 55 heavy (non-hydrogen) atoms. The van der Waals surface area contributed by atoms with Gasteiger partial charge in [0.15, 0.2) is 5.82 Å². The molecule has 0 saturated heterocycles. The second-order valence-corrected chi connectivity index (χ2v) is 14.2. The second kappa shape index (κ2) is 12.6. The number of fused-ring (bicyclic) bond motifs is 9. The normalized spacial score (nSPS) is 11.6. The molecule has 0 aliphatic carbocycles. The first-order chi connectivity index (χ1) is 27.3. The van der Waals surface area contributed by atoms with Crippen LogP contribution in [-0.4, -0.2) is 14.5 Å². The lowest BCUT2D eigenvalue weighted by Gasteiger charge is -2.13. The molecule has 0 saturated carbocycles. The Morgan fingerprint density at radius 3 is 1.44 bits per heavy atom. The minimum Gasteiger partial charge on any atom is -0.306 e. The van der Waals surface area contributed by atoms with E-state index in [1.165, 1.54) is 43.4 Å². The topological polar surface area (TPSA) is 30.7 Å². The number of hydrogen-bond donors (Lipinski definition) is 0. The molecule has 0 spiro atoms. The molecule has 11 rings (SSSR count). The van der Waals surface area contributed by atoms with Gasteiger partial charge in [0.25, 0.3) is 0 Å². The zero-order valence-electron chi connectivity index (χ0n) is 29.9. The van der Waals surface area contributed by atoms with Crippen LogP contribution in [0.3, 0.4) is 0 Å².